The van der Waals surface area contributed by atoms with Gasteiger partial charge in [0.2, 0.25) is 0 Å². The normalized spacial score (nSPS) is 12.5. The molecule has 0 radical (unpaired) electrons. The topological polar surface area (TPSA) is 45.1 Å². The minimum absolute atomic E-state index is 0.0416. The summed E-state index contributed by atoms with van der Waals surface area (Å²) in [7, 11) is 0. The lowest BCUT2D eigenvalue weighted by Crippen LogP contribution is -2.14. The number of aromatic nitrogens is 1. The molecule has 2 aromatic carbocycles. The third kappa shape index (κ3) is 2.59. The van der Waals surface area contributed by atoms with Gasteiger partial charge in [-0.1, -0.05) is 53.8 Å². The molecule has 0 aliphatic heterocycles. The number of para-hydroxylation sites is 1. The number of benzene rings is 2. The van der Waals surface area contributed by atoms with E-state index in [1.807, 2.05) is 48.5 Å². The van der Waals surface area contributed by atoms with Crippen molar-refractivity contribution < 1.29 is 5.11 Å². The number of fused-ring (bicyclic) bond motifs is 1. The number of hydrogen-bond acceptors (Lipinski definition) is 4. The minimum Gasteiger partial charge on any atom is -0.394 e. The van der Waals surface area contributed by atoms with Crippen LogP contribution < -0.4 is 5.32 Å². The number of aliphatic hydroxyl groups is 1. The van der Waals surface area contributed by atoms with Crippen LogP contribution in [0.3, 0.4) is 0 Å². The van der Waals surface area contributed by atoms with E-state index in [4.69, 9.17) is 0 Å². The Labute approximate surface area is 115 Å². The van der Waals surface area contributed by atoms with Gasteiger partial charge in [-0.05, 0) is 17.7 Å². The van der Waals surface area contributed by atoms with Crippen LogP contribution in [0.15, 0.2) is 54.6 Å². The van der Waals surface area contributed by atoms with E-state index in [1.165, 1.54) is 0 Å². The van der Waals surface area contributed by atoms with Gasteiger partial charge >= 0.3 is 0 Å². The second kappa shape index (κ2) is 5.38. The first-order valence-electron chi connectivity index (χ1n) is 6.15. The zero-order chi connectivity index (χ0) is 13.1. The molecule has 19 heavy (non-hydrogen) atoms. The van der Waals surface area contributed by atoms with Crippen molar-refractivity contribution in [2.45, 2.75) is 6.04 Å². The summed E-state index contributed by atoms with van der Waals surface area (Å²) in [5, 5.41) is 13.7. The third-order valence-corrected chi connectivity index (χ3v) is 3.94. The molecule has 2 N–H and O–H groups in total. The van der Waals surface area contributed by atoms with Crippen molar-refractivity contribution in [2.75, 3.05) is 11.9 Å². The summed E-state index contributed by atoms with van der Waals surface area (Å²) in [6.45, 7) is 0.0416. The van der Waals surface area contributed by atoms with E-state index in [2.05, 4.69) is 16.4 Å². The first-order valence-corrected chi connectivity index (χ1v) is 6.96. The molecule has 0 unspecified atom stereocenters. The van der Waals surface area contributed by atoms with Crippen molar-refractivity contribution in [3.05, 3.63) is 60.2 Å². The predicted octanol–water partition coefficient (Wildman–Crippen LogP) is 3.44. The summed E-state index contributed by atoms with van der Waals surface area (Å²) >= 11 is 1.60. The fourth-order valence-electron chi connectivity index (χ4n) is 2.00. The number of aliphatic hydroxyl groups excluding tert-OH is 1. The summed E-state index contributed by atoms with van der Waals surface area (Å²) < 4.78 is 1.15. The highest BCUT2D eigenvalue weighted by atomic mass is 32.1. The SMILES string of the molecule is OC[C@H](Nc1nc2ccccc2s1)c1ccccc1. The first kappa shape index (κ1) is 12.1. The molecule has 0 fully saturated rings. The van der Waals surface area contributed by atoms with E-state index in [-0.39, 0.29) is 12.6 Å². The van der Waals surface area contributed by atoms with Gasteiger partial charge in [-0.2, -0.15) is 0 Å². The Kier molecular flexibility index (Phi) is 3.44. The molecule has 0 saturated carbocycles. The van der Waals surface area contributed by atoms with E-state index in [0.29, 0.717) is 0 Å². The van der Waals surface area contributed by atoms with Crippen molar-refractivity contribution in [3.8, 4) is 0 Å². The van der Waals surface area contributed by atoms with Crippen molar-refractivity contribution in [2.24, 2.45) is 0 Å². The van der Waals surface area contributed by atoms with Gasteiger partial charge in [-0.15, -0.1) is 0 Å². The monoisotopic (exact) mass is 270 g/mol. The van der Waals surface area contributed by atoms with Crippen LogP contribution in [0.4, 0.5) is 5.13 Å². The molecule has 1 heterocycles. The van der Waals surface area contributed by atoms with Crippen molar-refractivity contribution in [1.29, 1.82) is 0 Å². The maximum absolute atomic E-state index is 9.53. The molecular weight excluding hydrogens is 256 g/mol. The summed E-state index contributed by atoms with van der Waals surface area (Å²) in [5.41, 5.74) is 2.05. The molecule has 0 aliphatic carbocycles. The van der Waals surface area contributed by atoms with Crippen LogP contribution >= 0.6 is 11.3 Å². The van der Waals surface area contributed by atoms with E-state index < -0.39 is 0 Å². The smallest absolute Gasteiger partial charge is 0.184 e. The Hall–Kier alpha value is -1.91. The molecule has 0 aliphatic rings. The minimum atomic E-state index is -0.123. The van der Waals surface area contributed by atoms with Gasteiger partial charge in [0.25, 0.3) is 0 Å². The number of nitrogens with one attached hydrogen (secondary N) is 1. The average molecular weight is 270 g/mol. The van der Waals surface area contributed by atoms with Gasteiger partial charge in [0.1, 0.15) is 0 Å². The van der Waals surface area contributed by atoms with Gasteiger partial charge in [-0.25, -0.2) is 4.98 Å². The zero-order valence-electron chi connectivity index (χ0n) is 10.3. The Bertz CT molecular complexity index is 633. The molecule has 3 rings (SSSR count). The van der Waals surface area contributed by atoms with Crippen LogP contribution in [0.5, 0.6) is 0 Å². The predicted molar refractivity (Wildman–Crippen MR) is 79.5 cm³/mol. The Morgan fingerprint density at radius 2 is 1.79 bits per heavy atom. The lowest BCUT2D eigenvalue weighted by molar-refractivity contribution is 0.276. The van der Waals surface area contributed by atoms with Crippen LogP contribution in [-0.4, -0.2) is 16.7 Å². The van der Waals surface area contributed by atoms with Crippen LogP contribution in [0.25, 0.3) is 10.2 Å². The molecule has 96 valence electrons. The molecular formula is C15H14N2OS. The molecule has 1 aromatic heterocycles. The molecule has 4 heteroatoms. The van der Waals surface area contributed by atoms with Gasteiger partial charge in [0, 0.05) is 0 Å². The molecule has 1 atom stereocenters. The molecule has 0 saturated heterocycles. The average Bonchev–Trinajstić information content (AvgIpc) is 2.88. The zero-order valence-corrected chi connectivity index (χ0v) is 11.1. The number of nitrogens with zero attached hydrogens (tertiary/aromatic N) is 1. The van der Waals surface area contributed by atoms with Gasteiger partial charge < -0.3 is 10.4 Å². The highest BCUT2D eigenvalue weighted by Crippen LogP contribution is 2.28. The van der Waals surface area contributed by atoms with Crippen LogP contribution in [-0.2, 0) is 0 Å². The number of anilines is 1. The van der Waals surface area contributed by atoms with E-state index in [0.717, 1.165) is 20.9 Å². The van der Waals surface area contributed by atoms with Gasteiger partial charge in [-0.3, -0.25) is 0 Å². The Morgan fingerprint density at radius 3 is 2.53 bits per heavy atom. The summed E-state index contributed by atoms with van der Waals surface area (Å²) in [6.07, 6.45) is 0. The van der Waals surface area contributed by atoms with Gasteiger partial charge in [0.15, 0.2) is 5.13 Å². The van der Waals surface area contributed by atoms with E-state index >= 15 is 0 Å². The van der Waals surface area contributed by atoms with Crippen molar-refractivity contribution >= 4 is 26.7 Å². The van der Waals surface area contributed by atoms with E-state index in [1.54, 1.807) is 11.3 Å². The molecule has 0 bridgehead atoms. The van der Waals surface area contributed by atoms with Gasteiger partial charge in [0.05, 0.1) is 22.9 Å². The first-order chi connectivity index (χ1) is 9.36. The largest absolute Gasteiger partial charge is 0.394 e. The number of thiazole rings is 1. The standard InChI is InChI=1S/C15H14N2OS/c18-10-13(11-6-2-1-3-7-11)17-15-16-12-8-4-5-9-14(12)19-15/h1-9,13,18H,10H2,(H,16,17)/t13-/m0/s1. The number of rotatable bonds is 4. The molecule has 0 amide bonds. The third-order valence-electron chi connectivity index (χ3n) is 2.98. The summed E-state index contributed by atoms with van der Waals surface area (Å²) in [4.78, 5) is 4.52. The van der Waals surface area contributed by atoms with Crippen molar-refractivity contribution in [3.63, 3.8) is 0 Å². The second-order valence-electron chi connectivity index (χ2n) is 4.28. The lowest BCUT2D eigenvalue weighted by Gasteiger charge is -2.15. The quantitative estimate of drug-likeness (QED) is 0.763. The van der Waals surface area contributed by atoms with Crippen LogP contribution in [0.2, 0.25) is 0 Å². The highest BCUT2D eigenvalue weighted by Gasteiger charge is 2.12. The lowest BCUT2D eigenvalue weighted by atomic mass is 10.1. The maximum Gasteiger partial charge on any atom is 0.184 e. The summed E-state index contributed by atoms with van der Waals surface area (Å²) in [5.74, 6) is 0. The molecule has 0 spiro atoms. The number of hydrogen-bond donors (Lipinski definition) is 2. The Morgan fingerprint density at radius 1 is 1.05 bits per heavy atom. The fourth-order valence-corrected chi connectivity index (χ4v) is 2.92. The van der Waals surface area contributed by atoms with Crippen LogP contribution in [0.1, 0.15) is 11.6 Å². The summed E-state index contributed by atoms with van der Waals surface area (Å²) in [6, 6.07) is 17.8. The maximum atomic E-state index is 9.53. The van der Waals surface area contributed by atoms with E-state index in [9.17, 15) is 5.11 Å². The highest BCUT2D eigenvalue weighted by molar-refractivity contribution is 7.22. The molecule has 3 aromatic rings. The van der Waals surface area contributed by atoms with Crippen LogP contribution in [0, 0.1) is 0 Å². The van der Waals surface area contributed by atoms with Crippen molar-refractivity contribution in [1.82, 2.24) is 4.98 Å². The second-order valence-corrected chi connectivity index (χ2v) is 5.31. The fraction of sp³-hybridized carbons (Fsp3) is 0.133. The molecule has 3 nitrogen and oxygen atoms in total. The Balaban J connectivity index is 1.86.